The lowest BCUT2D eigenvalue weighted by molar-refractivity contribution is -0.174. The standard InChI is InChI=1S/C21H27F3N2O3/c22-21(23,24)16-29-15-5-4-12-25-20(28)18-10-13-26(14-11-18)19(27)9-8-17-6-2-1-3-7-17/h1-3,6-9,18H,4-5,10-16H2,(H,25,28)/b9-8+. The Morgan fingerprint density at radius 3 is 2.48 bits per heavy atom. The van der Waals surface area contributed by atoms with Crippen molar-refractivity contribution in [1.82, 2.24) is 10.2 Å². The molecule has 8 heteroatoms. The van der Waals surface area contributed by atoms with Gasteiger partial charge in [0.1, 0.15) is 6.61 Å². The van der Waals surface area contributed by atoms with Crippen LogP contribution in [-0.2, 0) is 14.3 Å². The van der Waals surface area contributed by atoms with Gasteiger partial charge < -0.3 is 15.0 Å². The molecule has 1 aliphatic heterocycles. The monoisotopic (exact) mass is 412 g/mol. The Bertz CT molecular complexity index is 669. The summed E-state index contributed by atoms with van der Waals surface area (Å²) in [7, 11) is 0. The number of alkyl halides is 3. The topological polar surface area (TPSA) is 58.6 Å². The van der Waals surface area contributed by atoms with Gasteiger partial charge in [0.15, 0.2) is 0 Å². The number of halogens is 3. The third-order valence-corrected chi connectivity index (χ3v) is 4.68. The average molecular weight is 412 g/mol. The van der Waals surface area contributed by atoms with Crippen LogP contribution in [0.15, 0.2) is 36.4 Å². The first-order valence-electron chi connectivity index (χ1n) is 9.79. The zero-order chi connectivity index (χ0) is 21.1. The number of carbonyl (C=O) groups excluding carboxylic acids is 2. The van der Waals surface area contributed by atoms with Gasteiger partial charge >= 0.3 is 6.18 Å². The van der Waals surface area contributed by atoms with Crippen molar-refractivity contribution in [2.24, 2.45) is 5.92 Å². The van der Waals surface area contributed by atoms with Crippen LogP contribution in [0.4, 0.5) is 13.2 Å². The van der Waals surface area contributed by atoms with E-state index in [2.05, 4.69) is 10.1 Å². The van der Waals surface area contributed by atoms with Gasteiger partial charge in [-0.05, 0) is 37.3 Å². The van der Waals surface area contributed by atoms with E-state index in [0.29, 0.717) is 45.3 Å². The first-order chi connectivity index (χ1) is 13.8. The van der Waals surface area contributed by atoms with Crippen molar-refractivity contribution in [3.8, 4) is 0 Å². The second-order valence-electron chi connectivity index (χ2n) is 7.01. The van der Waals surface area contributed by atoms with Gasteiger partial charge in [0.25, 0.3) is 0 Å². The molecule has 0 spiro atoms. The van der Waals surface area contributed by atoms with Gasteiger partial charge in [-0.15, -0.1) is 0 Å². The molecule has 2 amide bonds. The fourth-order valence-electron chi connectivity index (χ4n) is 3.07. The van der Waals surface area contributed by atoms with Crippen LogP contribution in [0.3, 0.4) is 0 Å². The molecule has 0 bridgehead atoms. The Labute approximate surface area is 168 Å². The molecule has 0 radical (unpaired) electrons. The third-order valence-electron chi connectivity index (χ3n) is 4.68. The van der Waals surface area contributed by atoms with Gasteiger partial charge in [-0.1, -0.05) is 30.3 Å². The van der Waals surface area contributed by atoms with Gasteiger partial charge in [0, 0.05) is 38.2 Å². The van der Waals surface area contributed by atoms with Gasteiger partial charge in [0.05, 0.1) is 0 Å². The predicted octanol–water partition coefficient (Wildman–Crippen LogP) is 3.41. The molecule has 1 fully saturated rings. The molecule has 0 aliphatic carbocycles. The number of ether oxygens (including phenoxy) is 1. The second-order valence-corrected chi connectivity index (χ2v) is 7.01. The molecule has 1 aliphatic rings. The van der Waals surface area contributed by atoms with Crippen LogP contribution in [0, 0.1) is 5.92 Å². The zero-order valence-corrected chi connectivity index (χ0v) is 16.3. The number of amides is 2. The van der Waals surface area contributed by atoms with Crippen LogP contribution >= 0.6 is 0 Å². The van der Waals surface area contributed by atoms with Crippen LogP contribution in [0.1, 0.15) is 31.2 Å². The SMILES string of the molecule is O=C(NCCCCOCC(F)(F)F)C1CCN(C(=O)/C=C/c2ccccc2)CC1. The smallest absolute Gasteiger partial charge is 0.372 e. The van der Waals surface area contributed by atoms with Crippen molar-refractivity contribution >= 4 is 17.9 Å². The summed E-state index contributed by atoms with van der Waals surface area (Å²) in [4.78, 5) is 26.2. The van der Waals surface area contributed by atoms with E-state index >= 15 is 0 Å². The summed E-state index contributed by atoms with van der Waals surface area (Å²) in [6.07, 6.45) is 1.25. The number of nitrogens with one attached hydrogen (secondary N) is 1. The van der Waals surface area contributed by atoms with E-state index in [4.69, 9.17) is 0 Å². The van der Waals surface area contributed by atoms with Crippen molar-refractivity contribution < 1.29 is 27.5 Å². The quantitative estimate of drug-likeness (QED) is 0.500. The first kappa shape index (κ1) is 22.9. The average Bonchev–Trinajstić information content (AvgIpc) is 2.71. The number of hydrogen-bond donors (Lipinski definition) is 1. The number of carbonyl (C=O) groups is 2. The van der Waals surface area contributed by atoms with Crippen LogP contribution in [-0.4, -0.2) is 55.7 Å². The van der Waals surface area contributed by atoms with E-state index in [1.807, 2.05) is 30.3 Å². The summed E-state index contributed by atoms with van der Waals surface area (Å²) in [5, 5.41) is 2.82. The number of nitrogens with zero attached hydrogens (tertiary/aromatic N) is 1. The maximum absolute atomic E-state index is 12.3. The van der Waals surface area contributed by atoms with Crippen molar-refractivity contribution in [3.63, 3.8) is 0 Å². The molecule has 160 valence electrons. The molecule has 0 unspecified atom stereocenters. The summed E-state index contributed by atoms with van der Waals surface area (Å²) in [6.45, 7) is 0.249. The van der Waals surface area contributed by atoms with Crippen molar-refractivity contribution in [2.75, 3.05) is 32.8 Å². The van der Waals surface area contributed by atoms with Gasteiger partial charge in [-0.3, -0.25) is 9.59 Å². The lowest BCUT2D eigenvalue weighted by Gasteiger charge is -2.30. The molecular formula is C21H27F3N2O3. The van der Waals surface area contributed by atoms with Crippen molar-refractivity contribution in [2.45, 2.75) is 31.9 Å². The number of rotatable bonds is 9. The molecular weight excluding hydrogens is 385 g/mol. The second kappa shape index (κ2) is 11.6. The molecule has 0 aromatic heterocycles. The van der Waals surface area contributed by atoms with E-state index < -0.39 is 12.8 Å². The highest BCUT2D eigenvalue weighted by atomic mass is 19.4. The van der Waals surface area contributed by atoms with Crippen molar-refractivity contribution in [1.29, 1.82) is 0 Å². The molecule has 2 rings (SSSR count). The highest BCUT2D eigenvalue weighted by Gasteiger charge is 2.27. The Kier molecular flexibility index (Phi) is 9.18. The third kappa shape index (κ3) is 9.13. The Morgan fingerprint density at radius 2 is 1.83 bits per heavy atom. The lowest BCUT2D eigenvalue weighted by Crippen LogP contribution is -2.42. The summed E-state index contributed by atoms with van der Waals surface area (Å²) in [5.74, 6) is -0.265. The molecule has 0 atom stereocenters. The number of likely N-dealkylation sites (tertiary alicyclic amines) is 1. The molecule has 1 aromatic rings. The maximum atomic E-state index is 12.3. The molecule has 1 aromatic carbocycles. The molecule has 1 heterocycles. The molecule has 1 saturated heterocycles. The van der Waals surface area contributed by atoms with E-state index in [9.17, 15) is 22.8 Å². The van der Waals surface area contributed by atoms with Gasteiger partial charge in [0.2, 0.25) is 11.8 Å². The minimum Gasteiger partial charge on any atom is -0.372 e. The summed E-state index contributed by atoms with van der Waals surface area (Å²) in [6, 6.07) is 9.57. The maximum Gasteiger partial charge on any atom is 0.411 e. The minimum atomic E-state index is -4.30. The summed E-state index contributed by atoms with van der Waals surface area (Å²) >= 11 is 0. The van der Waals surface area contributed by atoms with Gasteiger partial charge in [-0.25, -0.2) is 0 Å². The number of piperidine rings is 1. The van der Waals surface area contributed by atoms with Crippen LogP contribution in [0.25, 0.3) is 6.08 Å². The Balaban J connectivity index is 1.59. The molecule has 0 saturated carbocycles. The summed E-state index contributed by atoms with van der Waals surface area (Å²) in [5.41, 5.74) is 0.957. The first-order valence-corrected chi connectivity index (χ1v) is 9.79. The fraction of sp³-hybridized carbons (Fsp3) is 0.524. The molecule has 29 heavy (non-hydrogen) atoms. The largest absolute Gasteiger partial charge is 0.411 e. The van der Waals surface area contributed by atoms with Crippen LogP contribution in [0.5, 0.6) is 0 Å². The number of benzene rings is 1. The van der Waals surface area contributed by atoms with Crippen LogP contribution < -0.4 is 5.32 Å². The fourth-order valence-corrected chi connectivity index (χ4v) is 3.07. The predicted molar refractivity (Wildman–Crippen MR) is 104 cm³/mol. The minimum absolute atomic E-state index is 0.0202. The number of unbranched alkanes of at least 4 members (excludes halogenated alkanes) is 1. The Hall–Kier alpha value is -2.35. The highest BCUT2D eigenvalue weighted by molar-refractivity contribution is 5.92. The lowest BCUT2D eigenvalue weighted by atomic mass is 9.95. The van der Waals surface area contributed by atoms with E-state index in [1.165, 1.54) is 0 Å². The van der Waals surface area contributed by atoms with Crippen molar-refractivity contribution in [3.05, 3.63) is 42.0 Å². The number of hydrogen-bond acceptors (Lipinski definition) is 3. The Morgan fingerprint density at radius 1 is 1.14 bits per heavy atom. The van der Waals surface area contributed by atoms with Crippen LogP contribution in [0.2, 0.25) is 0 Å². The zero-order valence-electron chi connectivity index (χ0n) is 16.3. The summed E-state index contributed by atoms with van der Waals surface area (Å²) < 4.78 is 40.3. The van der Waals surface area contributed by atoms with E-state index in [0.717, 1.165) is 5.56 Å². The normalized spacial score (nSPS) is 15.6. The van der Waals surface area contributed by atoms with E-state index in [1.54, 1.807) is 17.1 Å². The van der Waals surface area contributed by atoms with Gasteiger partial charge in [-0.2, -0.15) is 13.2 Å². The molecule has 1 N–H and O–H groups in total. The van der Waals surface area contributed by atoms with E-state index in [-0.39, 0.29) is 24.3 Å². The molecule has 5 nitrogen and oxygen atoms in total. The highest BCUT2D eigenvalue weighted by Crippen LogP contribution is 2.18.